The molecule has 0 spiro atoms. The fourth-order valence-corrected chi connectivity index (χ4v) is 3.65. The predicted molar refractivity (Wildman–Crippen MR) is 90.7 cm³/mol. The van der Waals surface area contributed by atoms with Gasteiger partial charge < -0.3 is 9.88 Å². The normalized spacial score (nSPS) is 21.3. The van der Waals surface area contributed by atoms with E-state index in [0.29, 0.717) is 24.7 Å². The average molecular weight is 309 g/mol. The number of amides is 1. The molecular weight excluding hydrogens is 286 g/mol. The van der Waals surface area contributed by atoms with Crippen molar-refractivity contribution in [3.63, 3.8) is 0 Å². The van der Waals surface area contributed by atoms with Crippen LogP contribution in [0.4, 0.5) is 0 Å². The standard InChI is InChI=1S/C19H23N3O/c1-2-14-9-15(7-8-20)13-22(12-14)19(23)10-16-11-21-18-6-4-3-5-17(16)18/h3-6,11,14-15,21H,2,7,9-10,12-13H2,1H3/t14-,15+/m1/s1. The van der Waals surface area contributed by atoms with Gasteiger partial charge in [-0.15, -0.1) is 0 Å². The van der Waals surface area contributed by atoms with Crippen molar-refractivity contribution in [2.24, 2.45) is 11.8 Å². The first-order valence-electron chi connectivity index (χ1n) is 8.41. The van der Waals surface area contributed by atoms with Crippen molar-refractivity contribution in [3.8, 4) is 6.07 Å². The molecule has 1 aromatic carbocycles. The number of carbonyl (C=O) groups excluding carboxylic acids is 1. The Morgan fingerprint density at radius 1 is 1.35 bits per heavy atom. The molecule has 4 heteroatoms. The zero-order valence-electron chi connectivity index (χ0n) is 13.6. The number of aromatic amines is 1. The van der Waals surface area contributed by atoms with Gasteiger partial charge in [0.1, 0.15) is 0 Å². The molecule has 1 N–H and O–H groups in total. The number of hydrogen-bond acceptors (Lipinski definition) is 2. The first kappa shape index (κ1) is 15.6. The summed E-state index contributed by atoms with van der Waals surface area (Å²) in [5.41, 5.74) is 2.13. The highest BCUT2D eigenvalue weighted by molar-refractivity contribution is 5.88. The van der Waals surface area contributed by atoms with Crippen LogP contribution in [0.25, 0.3) is 10.9 Å². The summed E-state index contributed by atoms with van der Waals surface area (Å²) in [7, 11) is 0. The number of fused-ring (bicyclic) bond motifs is 1. The number of hydrogen-bond donors (Lipinski definition) is 1. The number of likely N-dealkylation sites (tertiary alicyclic amines) is 1. The summed E-state index contributed by atoms with van der Waals surface area (Å²) in [5, 5.41) is 10.1. The van der Waals surface area contributed by atoms with E-state index in [-0.39, 0.29) is 5.91 Å². The van der Waals surface area contributed by atoms with Crippen LogP contribution in [0.15, 0.2) is 30.5 Å². The molecule has 0 aliphatic carbocycles. The Balaban J connectivity index is 1.73. The van der Waals surface area contributed by atoms with Crippen molar-refractivity contribution in [1.29, 1.82) is 5.26 Å². The van der Waals surface area contributed by atoms with Crippen LogP contribution in [0.5, 0.6) is 0 Å². The lowest BCUT2D eigenvalue weighted by molar-refractivity contribution is -0.133. The molecule has 23 heavy (non-hydrogen) atoms. The maximum atomic E-state index is 12.7. The SMILES string of the molecule is CC[C@@H]1C[C@H](CC#N)CN(C(=O)Cc2c[nH]c3ccccc23)C1. The summed E-state index contributed by atoms with van der Waals surface area (Å²) in [5.74, 6) is 1.02. The fourth-order valence-electron chi connectivity index (χ4n) is 3.65. The van der Waals surface area contributed by atoms with E-state index in [1.165, 1.54) is 0 Å². The van der Waals surface area contributed by atoms with Gasteiger partial charge in [0, 0.05) is 36.6 Å². The summed E-state index contributed by atoms with van der Waals surface area (Å²) in [4.78, 5) is 18.0. The summed E-state index contributed by atoms with van der Waals surface area (Å²) in [6, 6.07) is 10.3. The van der Waals surface area contributed by atoms with Gasteiger partial charge in [-0.1, -0.05) is 31.5 Å². The summed E-state index contributed by atoms with van der Waals surface area (Å²) in [6.45, 7) is 3.73. The topological polar surface area (TPSA) is 59.9 Å². The quantitative estimate of drug-likeness (QED) is 0.939. The molecule has 1 aliphatic rings. The molecule has 0 unspecified atom stereocenters. The molecule has 0 bridgehead atoms. The van der Waals surface area contributed by atoms with E-state index < -0.39 is 0 Å². The van der Waals surface area contributed by atoms with Gasteiger partial charge >= 0.3 is 0 Å². The van der Waals surface area contributed by atoms with Gasteiger partial charge in [-0.3, -0.25) is 4.79 Å². The number of nitrogens with one attached hydrogen (secondary N) is 1. The largest absolute Gasteiger partial charge is 0.361 e. The lowest BCUT2D eigenvalue weighted by atomic mass is 9.86. The third-order valence-electron chi connectivity index (χ3n) is 4.95. The lowest BCUT2D eigenvalue weighted by Crippen LogP contribution is -2.44. The minimum absolute atomic E-state index is 0.177. The number of benzene rings is 1. The molecule has 2 aromatic rings. The third kappa shape index (κ3) is 3.39. The van der Waals surface area contributed by atoms with Crippen molar-refractivity contribution in [2.45, 2.75) is 32.6 Å². The first-order valence-corrected chi connectivity index (χ1v) is 8.41. The Morgan fingerprint density at radius 2 is 2.13 bits per heavy atom. The van der Waals surface area contributed by atoms with E-state index in [4.69, 9.17) is 5.26 Å². The van der Waals surface area contributed by atoms with Crippen LogP contribution < -0.4 is 0 Å². The second-order valence-corrected chi connectivity index (χ2v) is 6.57. The highest BCUT2D eigenvalue weighted by atomic mass is 16.2. The molecule has 120 valence electrons. The van der Waals surface area contributed by atoms with Gasteiger partial charge in [0.15, 0.2) is 0 Å². The Kier molecular flexibility index (Phi) is 4.66. The molecule has 0 saturated carbocycles. The van der Waals surface area contributed by atoms with Crippen LogP contribution in [-0.2, 0) is 11.2 Å². The summed E-state index contributed by atoms with van der Waals surface area (Å²) >= 11 is 0. The minimum Gasteiger partial charge on any atom is -0.361 e. The number of aromatic nitrogens is 1. The minimum atomic E-state index is 0.177. The highest BCUT2D eigenvalue weighted by Gasteiger charge is 2.29. The second kappa shape index (κ2) is 6.87. The monoisotopic (exact) mass is 309 g/mol. The van der Waals surface area contributed by atoms with Crippen LogP contribution in [0, 0.1) is 23.2 Å². The van der Waals surface area contributed by atoms with Gasteiger partial charge in [0.05, 0.1) is 12.5 Å². The fraction of sp³-hybridized carbons (Fsp3) is 0.474. The Labute approximate surface area is 137 Å². The Morgan fingerprint density at radius 3 is 2.91 bits per heavy atom. The van der Waals surface area contributed by atoms with Crippen LogP contribution in [0.1, 0.15) is 31.7 Å². The van der Waals surface area contributed by atoms with Crippen molar-refractivity contribution in [1.82, 2.24) is 9.88 Å². The number of piperidine rings is 1. The van der Waals surface area contributed by atoms with E-state index >= 15 is 0 Å². The molecule has 4 nitrogen and oxygen atoms in total. The molecule has 1 saturated heterocycles. The number of nitrogens with zero attached hydrogens (tertiary/aromatic N) is 2. The van der Waals surface area contributed by atoms with Crippen molar-refractivity contribution >= 4 is 16.8 Å². The summed E-state index contributed by atoms with van der Waals surface area (Å²) in [6.07, 6.45) is 5.06. The molecule has 1 aromatic heterocycles. The molecule has 2 heterocycles. The van der Waals surface area contributed by atoms with E-state index in [1.54, 1.807) is 0 Å². The van der Waals surface area contributed by atoms with Gasteiger partial charge in [-0.2, -0.15) is 5.26 Å². The Hall–Kier alpha value is -2.28. The average Bonchev–Trinajstić information content (AvgIpc) is 2.98. The highest BCUT2D eigenvalue weighted by Crippen LogP contribution is 2.27. The molecule has 3 rings (SSSR count). The van der Waals surface area contributed by atoms with Crippen molar-refractivity contribution < 1.29 is 4.79 Å². The Bertz CT molecular complexity index is 728. The molecular formula is C19H23N3O. The molecule has 1 aliphatic heterocycles. The molecule has 1 fully saturated rings. The van der Waals surface area contributed by atoms with Gasteiger partial charge in [-0.25, -0.2) is 0 Å². The first-order chi connectivity index (χ1) is 11.2. The number of rotatable bonds is 4. The smallest absolute Gasteiger partial charge is 0.227 e. The van der Waals surface area contributed by atoms with E-state index in [9.17, 15) is 4.79 Å². The van der Waals surface area contributed by atoms with E-state index in [1.807, 2.05) is 29.3 Å². The van der Waals surface area contributed by atoms with Crippen molar-refractivity contribution in [3.05, 3.63) is 36.0 Å². The lowest BCUT2D eigenvalue weighted by Gasteiger charge is -2.37. The third-order valence-corrected chi connectivity index (χ3v) is 4.95. The van der Waals surface area contributed by atoms with Gasteiger partial charge in [0.25, 0.3) is 0 Å². The molecule has 0 radical (unpaired) electrons. The maximum absolute atomic E-state index is 12.7. The van der Waals surface area contributed by atoms with Gasteiger partial charge in [-0.05, 0) is 29.9 Å². The number of para-hydroxylation sites is 1. The van der Waals surface area contributed by atoms with E-state index in [2.05, 4.69) is 24.0 Å². The van der Waals surface area contributed by atoms with Crippen LogP contribution in [0.2, 0.25) is 0 Å². The van der Waals surface area contributed by atoms with E-state index in [0.717, 1.165) is 42.4 Å². The van der Waals surface area contributed by atoms with Crippen LogP contribution in [0.3, 0.4) is 0 Å². The van der Waals surface area contributed by atoms with Gasteiger partial charge in [0.2, 0.25) is 5.91 Å². The molecule has 1 amide bonds. The van der Waals surface area contributed by atoms with Crippen LogP contribution in [-0.4, -0.2) is 28.9 Å². The maximum Gasteiger partial charge on any atom is 0.227 e. The number of H-pyrrole nitrogens is 1. The summed E-state index contributed by atoms with van der Waals surface area (Å²) < 4.78 is 0. The van der Waals surface area contributed by atoms with Crippen molar-refractivity contribution in [2.75, 3.05) is 13.1 Å². The van der Waals surface area contributed by atoms with Crippen LogP contribution >= 0.6 is 0 Å². The predicted octanol–water partition coefficient (Wildman–Crippen LogP) is 3.50. The zero-order valence-corrected chi connectivity index (χ0v) is 13.6. The second-order valence-electron chi connectivity index (χ2n) is 6.57. The number of nitriles is 1. The molecule has 2 atom stereocenters. The zero-order chi connectivity index (χ0) is 16.2. The number of carbonyl (C=O) groups is 1.